The number of methoxy groups -OCH3 is 1. The summed E-state index contributed by atoms with van der Waals surface area (Å²) < 4.78 is 5.34. The van der Waals surface area contributed by atoms with Crippen molar-refractivity contribution >= 4 is 46.0 Å². The Morgan fingerprint density at radius 3 is 2.59 bits per heavy atom. The number of hydrogen-bond acceptors (Lipinski definition) is 5. The van der Waals surface area contributed by atoms with Gasteiger partial charge in [0.25, 0.3) is 5.91 Å². The van der Waals surface area contributed by atoms with E-state index in [2.05, 4.69) is 20.9 Å². The molecule has 10 heteroatoms. The summed E-state index contributed by atoms with van der Waals surface area (Å²) in [4.78, 5) is 53.6. The van der Waals surface area contributed by atoms with Crippen molar-refractivity contribution in [3.8, 4) is 5.75 Å². The molecule has 0 saturated carbocycles. The lowest BCUT2D eigenvalue weighted by Gasteiger charge is -2.24. The van der Waals surface area contributed by atoms with Crippen LogP contribution in [0, 0.1) is 11.8 Å². The van der Waals surface area contributed by atoms with Crippen LogP contribution in [0.1, 0.15) is 43.6 Å². The Bertz CT molecular complexity index is 1070. The van der Waals surface area contributed by atoms with E-state index < -0.39 is 23.9 Å². The summed E-state index contributed by atoms with van der Waals surface area (Å²) in [6, 6.07) is 5.34. The zero-order valence-electron chi connectivity index (χ0n) is 19.6. The Labute approximate surface area is 203 Å². The van der Waals surface area contributed by atoms with Gasteiger partial charge in [-0.3, -0.25) is 19.2 Å². The Morgan fingerprint density at radius 1 is 1.21 bits per heavy atom. The van der Waals surface area contributed by atoms with E-state index in [1.54, 1.807) is 19.2 Å². The first-order valence-electron chi connectivity index (χ1n) is 11.4. The molecule has 0 bridgehead atoms. The molecule has 184 valence electrons. The van der Waals surface area contributed by atoms with Crippen molar-refractivity contribution in [3.05, 3.63) is 30.0 Å². The zero-order chi connectivity index (χ0) is 24.8. The first-order chi connectivity index (χ1) is 16.2. The van der Waals surface area contributed by atoms with Crippen LogP contribution in [0.25, 0.3) is 10.9 Å². The molecule has 3 rings (SSSR count). The number of alkyl halides is 1. The number of Topliss-reactive ketones (excluding diaryl/α,β-unsaturated/α-hetero) is 1. The number of carbonyl (C=O) groups excluding carboxylic acids is 4. The van der Waals surface area contributed by atoms with Gasteiger partial charge in [-0.1, -0.05) is 19.9 Å². The molecule has 1 aromatic heterocycles. The lowest BCUT2D eigenvalue weighted by atomic mass is 9.95. The average molecular weight is 491 g/mol. The van der Waals surface area contributed by atoms with Crippen LogP contribution in [-0.2, 0) is 14.4 Å². The van der Waals surface area contributed by atoms with E-state index in [4.69, 9.17) is 16.3 Å². The fraction of sp³-hybridized carbons (Fsp3) is 0.500. The molecule has 2 aromatic rings. The number of nitrogens with one attached hydrogen (secondary N) is 4. The second kappa shape index (κ2) is 11.4. The molecule has 2 heterocycles. The quantitative estimate of drug-likeness (QED) is 0.359. The number of aromatic amines is 1. The van der Waals surface area contributed by atoms with Crippen LogP contribution < -0.4 is 20.7 Å². The summed E-state index contributed by atoms with van der Waals surface area (Å²) in [7, 11) is 1.55. The third kappa shape index (κ3) is 6.08. The summed E-state index contributed by atoms with van der Waals surface area (Å²) >= 11 is 5.76. The number of rotatable bonds is 11. The van der Waals surface area contributed by atoms with Gasteiger partial charge in [0.1, 0.15) is 17.5 Å². The van der Waals surface area contributed by atoms with Gasteiger partial charge in [0.2, 0.25) is 11.8 Å². The maximum atomic E-state index is 13.2. The van der Waals surface area contributed by atoms with Gasteiger partial charge in [-0.25, -0.2) is 0 Å². The highest BCUT2D eigenvalue weighted by Gasteiger charge is 2.33. The van der Waals surface area contributed by atoms with E-state index in [0.717, 1.165) is 10.9 Å². The van der Waals surface area contributed by atoms with Crippen LogP contribution >= 0.6 is 11.6 Å². The Morgan fingerprint density at radius 2 is 1.97 bits per heavy atom. The number of carbonyl (C=O) groups is 4. The highest BCUT2D eigenvalue weighted by Crippen LogP contribution is 2.26. The maximum absolute atomic E-state index is 13.2. The fourth-order valence-corrected chi connectivity index (χ4v) is 4.34. The molecule has 1 fully saturated rings. The fourth-order valence-electron chi connectivity index (χ4n) is 4.16. The third-order valence-corrected chi connectivity index (χ3v) is 6.20. The Kier molecular flexibility index (Phi) is 8.55. The minimum atomic E-state index is -0.900. The van der Waals surface area contributed by atoms with E-state index in [-0.39, 0.29) is 41.5 Å². The van der Waals surface area contributed by atoms with E-state index in [1.807, 2.05) is 26.0 Å². The molecule has 9 nitrogen and oxygen atoms in total. The summed E-state index contributed by atoms with van der Waals surface area (Å²) in [5.41, 5.74) is 1.02. The molecule has 1 saturated heterocycles. The standard InChI is InChI=1S/C24H31ClN4O5/c1-13(2)9-18(23(32)28-17(20(30)12-25)10-14-7-8-26-22(14)31)29-24(33)19-11-15-16(27-19)5-4-6-21(15)34-3/h4-6,11,13-14,17-18,27H,7-10,12H2,1-3H3,(H,26,31)(H,28,32)(H,29,33)/t14-,17-,18-/m0/s1. The molecular formula is C24H31ClN4O5. The van der Waals surface area contributed by atoms with Gasteiger partial charge < -0.3 is 25.7 Å². The van der Waals surface area contributed by atoms with Gasteiger partial charge in [-0.15, -0.1) is 11.6 Å². The molecule has 3 amide bonds. The largest absolute Gasteiger partial charge is 0.496 e. The Hall–Kier alpha value is -3.07. The number of ketones is 1. The van der Waals surface area contributed by atoms with E-state index in [9.17, 15) is 19.2 Å². The van der Waals surface area contributed by atoms with Gasteiger partial charge in [-0.2, -0.15) is 0 Å². The molecule has 3 atom stereocenters. The van der Waals surface area contributed by atoms with Crippen LogP contribution in [0.4, 0.5) is 0 Å². The van der Waals surface area contributed by atoms with Gasteiger partial charge >= 0.3 is 0 Å². The van der Waals surface area contributed by atoms with Crippen molar-refractivity contribution < 1.29 is 23.9 Å². The van der Waals surface area contributed by atoms with E-state index in [1.165, 1.54) is 0 Å². The topological polar surface area (TPSA) is 129 Å². The van der Waals surface area contributed by atoms with Crippen molar-refractivity contribution in [2.75, 3.05) is 19.5 Å². The second-order valence-electron chi connectivity index (χ2n) is 8.93. The molecule has 0 unspecified atom stereocenters. The molecule has 1 aliphatic heterocycles. The predicted molar refractivity (Wildman–Crippen MR) is 129 cm³/mol. The van der Waals surface area contributed by atoms with Crippen LogP contribution in [0.3, 0.4) is 0 Å². The van der Waals surface area contributed by atoms with Gasteiger partial charge in [-0.05, 0) is 43.4 Å². The minimum Gasteiger partial charge on any atom is -0.496 e. The highest BCUT2D eigenvalue weighted by atomic mass is 35.5. The summed E-state index contributed by atoms with van der Waals surface area (Å²) in [6.45, 7) is 4.41. The molecule has 0 spiro atoms. The molecule has 34 heavy (non-hydrogen) atoms. The van der Waals surface area contributed by atoms with E-state index in [0.29, 0.717) is 25.1 Å². The minimum absolute atomic E-state index is 0.0987. The molecule has 0 radical (unpaired) electrons. The molecule has 0 aliphatic carbocycles. The number of benzene rings is 1. The summed E-state index contributed by atoms with van der Waals surface area (Å²) in [6.07, 6.45) is 1.14. The number of halogens is 1. The van der Waals surface area contributed by atoms with Crippen LogP contribution in [0.5, 0.6) is 5.75 Å². The van der Waals surface area contributed by atoms with Gasteiger partial charge in [0, 0.05) is 23.4 Å². The second-order valence-corrected chi connectivity index (χ2v) is 9.20. The zero-order valence-corrected chi connectivity index (χ0v) is 20.3. The first-order valence-corrected chi connectivity index (χ1v) is 11.9. The number of ether oxygens (including phenoxy) is 1. The SMILES string of the molecule is COc1cccc2[nH]c(C(=O)N[C@@H](CC(C)C)C(=O)N[C@@H](C[C@@H]3CCNC3=O)C(=O)CCl)cc12. The summed E-state index contributed by atoms with van der Waals surface area (Å²) in [5, 5.41) is 8.99. The number of hydrogen-bond donors (Lipinski definition) is 4. The highest BCUT2D eigenvalue weighted by molar-refractivity contribution is 6.28. The van der Waals surface area contributed by atoms with Crippen molar-refractivity contribution in [3.63, 3.8) is 0 Å². The Balaban J connectivity index is 1.75. The number of amides is 3. The first kappa shape index (κ1) is 25.6. The summed E-state index contributed by atoms with van der Waals surface area (Å²) in [5.74, 6) is -1.36. The van der Waals surface area contributed by atoms with Crippen LogP contribution in [-0.4, -0.2) is 60.1 Å². The predicted octanol–water partition coefficient (Wildman–Crippen LogP) is 2.14. The molecular weight excluding hydrogens is 460 g/mol. The van der Waals surface area contributed by atoms with Crippen LogP contribution in [0.15, 0.2) is 24.3 Å². The number of aromatic nitrogens is 1. The molecule has 1 aromatic carbocycles. The van der Waals surface area contributed by atoms with Crippen molar-refractivity contribution in [1.29, 1.82) is 0 Å². The number of fused-ring (bicyclic) bond motifs is 1. The van der Waals surface area contributed by atoms with Gasteiger partial charge in [0.15, 0.2) is 5.78 Å². The van der Waals surface area contributed by atoms with Gasteiger partial charge in [0.05, 0.1) is 19.0 Å². The normalized spacial score (nSPS) is 17.3. The lowest BCUT2D eigenvalue weighted by Crippen LogP contribution is -2.53. The lowest BCUT2D eigenvalue weighted by molar-refractivity contribution is -0.129. The van der Waals surface area contributed by atoms with Crippen molar-refractivity contribution in [2.24, 2.45) is 11.8 Å². The number of H-pyrrole nitrogens is 1. The van der Waals surface area contributed by atoms with Crippen molar-refractivity contribution in [1.82, 2.24) is 20.9 Å². The third-order valence-electron chi connectivity index (χ3n) is 5.94. The smallest absolute Gasteiger partial charge is 0.268 e. The molecule has 4 N–H and O–H groups in total. The monoisotopic (exact) mass is 490 g/mol. The van der Waals surface area contributed by atoms with E-state index >= 15 is 0 Å². The van der Waals surface area contributed by atoms with Crippen molar-refractivity contribution in [2.45, 2.75) is 45.2 Å². The maximum Gasteiger partial charge on any atom is 0.268 e. The van der Waals surface area contributed by atoms with Crippen LogP contribution in [0.2, 0.25) is 0 Å². The molecule has 1 aliphatic rings. The average Bonchev–Trinajstić information content (AvgIpc) is 3.43.